The van der Waals surface area contributed by atoms with Crippen LogP contribution >= 0.6 is 0 Å². The largest absolute Gasteiger partial charge is 0.326 e. The highest BCUT2D eigenvalue weighted by Gasteiger charge is 2.12. The number of amides is 2. The summed E-state index contributed by atoms with van der Waals surface area (Å²) in [4.78, 5) is 23.1. The summed E-state index contributed by atoms with van der Waals surface area (Å²) in [5.74, 6) is -0.282. The van der Waals surface area contributed by atoms with E-state index in [1.807, 2.05) is 19.9 Å². The Labute approximate surface area is 113 Å². The zero-order chi connectivity index (χ0) is 14.4. The van der Waals surface area contributed by atoms with Gasteiger partial charge in [0.25, 0.3) is 0 Å². The molecule has 0 radical (unpaired) electrons. The molecule has 0 fully saturated rings. The molecular formula is C14H21N3O2. The number of carbonyl (C=O) groups excluding carboxylic acids is 2. The average molecular weight is 263 g/mol. The van der Waals surface area contributed by atoms with E-state index in [1.54, 1.807) is 19.1 Å². The first kappa shape index (κ1) is 15.2. The number of aryl methyl sites for hydroxylation is 1. The van der Waals surface area contributed by atoms with Crippen LogP contribution in [-0.4, -0.2) is 17.9 Å². The number of hydrogen-bond donors (Lipinski definition) is 3. The third-order valence-corrected chi connectivity index (χ3v) is 2.88. The standard InChI is InChI=1S/C14H21N3O2/c1-4-11(15)14(19)17-12-8-10(7-6-9(12)3)16-13(18)5-2/h6-8,11H,4-5,15H2,1-3H3,(H,16,18)(H,17,19). The molecule has 4 N–H and O–H groups in total. The fourth-order valence-corrected chi connectivity index (χ4v) is 1.49. The molecule has 1 unspecified atom stereocenters. The van der Waals surface area contributed by atoms with Gasteiger partial charge in [-0.15, -0.1) is 0 Å². The van der Waals surface area contributed by atoms with E-state index in [9.17, 15) is 9.59 Å². The van der Waals surface area contributed by atoms with E-state index in [0.717, 1.165) is 5.56 Å². The summed E-state index contributed by atoms with van der Waals surface area (Å²) in [6.45, 7) is 5.53. The molecule has 0 saturated heterocycles. The lowest BCUT2D eigenvalue weighted by atomic mass is 10.1. The molecule has 1 aromatic carbocycles. The van der Waals surface area contributed by atoms with Gasteiger partial charge in [-0.25, -0.2) is 0 Å². The van der Waals surface area contributed by atoms with E-state index in [4.69, 9.17) is 5.73 Å². The van der Waals surface area contributed by atoms with Crippen LogP contribution < -0.4 is 16.4 Å². The second kappa shape index (κ2) is 6.89. The molecule has 5 heteroatoms. The van der Waals surface area contributed by atoms with Crippen molar-refractivity contribution in [1.82, 2.24) is 0 Å². The van der Waals surface area contributed by atoms with Crippen molar-refractivity contribution in [2.45, 2.75) is 39.7 Å². The molecule has 1 rings (SSSR count). The Morgan fingerprint density at radius 2 is 1.95 bits per heavy atom. The molecule has 0 aliphatic carbocycles. The molecule has 1 atom stereocenters. The van der Waals surface area contributed by atoms with Crippen LogP contribution in [0.15, 0.2) is 18.2 Å². The lowest BCUT2D eigenvalue weighted by Crippen LogP contribution is -2.35. The molecule has 0 saturated carbocycles. The fourth-order valence-electron chi connectivity index (χ4n) is 1.49. The monoisotopic (exact) mass is 263 g/mol. The van der Waals surface area contributed by atoms with E-state index in [2.05, 4.69) is 10.6 Å². The lowest BCUT2D eigenvalue weighted by Gasteiger charge is -2.13. The van der Waals surface area contributed by atoms with Crippen molar-refractivity contribution < 1.29 is 9.59 Å². The highest BCUT2D eigenvalue weighted by Crippen LogP contribution is 2.20. The van der Waals surface area contributed by atoms with Crippen molar-refractivity contribution in [2.24, 2.45) is 5.73 Å². The number of carbonyl (C=O) groups is 2. The zero-order valence-corrected chi connectivity index (χ0v) is 11.6. The Hall–Kier alpha value is -1.88. The number of hydrogen-bond acceptors (Lipinski definition) is 3. The summed E-state index contributed by atoms with van der Waals surface area (Å²) >= 11 is 0. The predicted octanol–water partition coefficient (Wildman–Crippen LogP) is 2.02. The molecule has 0 bridgehead atoms. The Morgan fingerprint density at radius 1 is 1.26 bits per heavy atom. The van der Waals surface area contributed by atoms with Gasteiger partial charge in [0.1, 0.15) is 0 Å². The summed E-state index contributed by atoms with van der Waals surface area (Å²) in [5.41, 5.74) is 7.93. The van der Waals surface area contributed by atoms with Gasteiger partial charge in [-0.05, 0) is 31.0 Å². The van der Waals surface area contributed by atoms with E-state index < -0.39 is 6.04 Å². The van der Waals surface area contributed by atoms with Crippen LogP contribution in [-0.2, 0) is 9.59 Å². The van der Waals surface area contributed by atoms with Crippen LogP contribution in [0.5, 0.6) is 0 Å². The molecule has 0 aromatic heterocycles. The van der Waals surface area contributed by atoms with Gasteiger partial charge in [0, 0.05) is 17.8 Å². The van der Waals surface area contributed by atoms with Crippen LogP contribution in [0, 0.1) is 6.92 Å². The van der Waals surface area contributed by atoms with Gasteiger partial charge in [-0.2, -0.15) is 0 Å². The first-order chi connectivity index (χ1) is 8.97. The van der Waals surface area contributed by atoms with Crippen LogP contribution in [0.4, 0.5) is 11.4 Å². The van der Waals surface area contributed by atoms with Crippen molar-refractivity contribution in [3.05, 3.63) is 23.8 Å². The SMILES string of the molecule is CCC(=O)Nc1ccc(C)c(NC(=O)C(N)CC)c1. The Balaban J connectivity index is 2.85. The topological polar surface area (TPSA) is 84.2 Å². The number of anilines is 2. The minimum absolute atomic E-state index is 0.0635. The molecule has 0 aliphatic heterocycles. The van der Waals surface area contributed by atoms with Crippen LogP contribution in [0.2, 0.25) is 0 Å². The summed E-state index contributed by atoms with van der Waals surface area (Å²) in [5, 5.41) is 5.53. The van der Waals surface area contributed by atoms with E-state index in [1.165, 1.54) is 0 Å². The van der Waals surface area contributed by atoms with Gasteiger partial charge in [0.2, 0.25) is 11.8 Å². The highest BCUT2D eigenvalue weighted by molar-refractivity contribution is 5.97. The summed E-state index contributed by atoms with van der Waals surface area (Å²) in [6, 6.07) is 4.87. The highest BCUT2D eigenvalue weighted by atomic mass is 16.2. The fraction of sp³-hybridized carbons (Fsp3) is 0.429. The molecule has 5 nitrogen and oxygen atoms in total. The molecule has 19 heavy (non-hydrogen) atoms. The van der Waals surface area contributed by atoms with Gasteiger partial charge in [0.05, 0.1) is 6.04 Å². The second-order valence-electron chi connectivity index (χ2n) is 4.44. The minimum Gasteiger partial charge on any atom is -0.326 e. The van der Waals surface area contributed by atoms with Crippen molar-refractivity contribution in [3.8, 4) is 0 Å². The first-order valence-electron chi connectivity index (χ1n) is 6.44. The Morgan fingerprint density at radius 3 is 2.53 bits per heavy atom. The average Bonchev–Trinajstić information content (AvgIpc) is 2.41. The zero-order valence-electron chi connectivity index (χ0n) is 11.6. The van der Waals surface area contributed by atoms with Gasteiger partial charge in [-0.1, -0.05) is 19.9 Å². The van der Waals surface area contributed by atoms with E-state index >= 15 is 0 Å². The van der Waals surface area contributed by atoms with Gasteiger partial charge >= 0.3 is 0 Å². The Kier molecular flexibility index (Phi) is 5.51. The van der Waals surface area contributed by atoms with Crippen molar-refractivity contribution in [2.75, 3.05) is 10.6 Å². The normalized spacial score (nSPS) is 11.8. The number of nitrogens with two attached hydrogens (primary N) is 1. The predicted molar refractivity (Wildman–Crippen MR) is 77.0 cm³/mol. The Bertz CT molecular complexity index is 472. The third kappa shape index (κ3) is 4.37. The molecule has 0 aliphatic rings. The number of nitrogens with one attached hydrogen (secondary N) is 2. The summed E-state index contributed by atoms with van der Waals surface area (Å²) in [6.07, 6.45) is 0.993. The smallest absolute Gasteiger partial charge is 0.241 e. The molecule has 0 spiro atoms. The molecule has 104 valence electrons. The van der Waals surface area contributed by atoms with E-state index in [-0.39, 0.29) is 11.8 Å². The molecule has 1 aromatic rings. The third-order valence-electron chi connectivity index (χ3n) is 2.88. The number of benzene rings is 1. The van der Waals surface area contributed by atoms with Crippen LogP contribution in [0.3, 0.4) is 0 Å². The van der Waals surface area contributed by atoms with Gasteiger partial charge in [0.15, 0.2) is 0 Å². The van der Waals surface area contributed by atoms with Crippen molar-refractivity contribution in [1.29, 1.82) is 0 Å². The minimum atomic E-state index is -0.520. The van der Waals surface area contributed by atoms with Crippen LogP contribution in [0.25, 0.3) is 0 Å². The maximum absolute atomic E-state index is 11.8. The second-order valence-corrected chi connectivity index (χ2v) is 4.44. The lowest BCUT2D eigenvalue weighted by molar-refractivity contribution is -0.117. The van der Waals surface area contributed by atoms with Crippen LogP contribution in [0.1, 0.15) is 32.3 Å². The molecule has 2 amide bonds. The first-order valence-corrected chi connectivity index (χ1v) is 6.44. The maximum atomic E-state index is 11.8. The van der Waals surface area contributed by atoms with Gasteiger partial charge in [-0.3, -0.25) is 9.59 Å². The quantitative estimate of drug-likeness (QED) is 0.759. The van der Waals surface area contributed by atoms with Gasteiger partial charge < -0.3 is 16.4 Å². The molecular weight excluding hydrogens is 242 g/mol. The number of rotatable bonds is 5. The van der Waals surface area contributed by atoms with E-state index in [0.29, 0.717) is 24.2 Å². The summed E-state index contributed by atoms with van der Waals surface area (Å²) in [7, 11) is 0. The summed E-state index contributed by atoms with van der Waals surface area (Å²) < 4.78 is 0. The van der Waals surface area contributed by atoms with Crippen molar-refractivity contribution >= 4 is 23.2 Å². The molecule has 0 heterocycles. The maximum Gasteiger partial charge on any atom is 0.241 e. The van der Waals surface area contributed by atoms with Crippen molar-refractivity contribution in [3.63, 3.8) is 0 Å².